The molecule has 0 bridgehead atoms. The predicted octanol–water partition coefficient (Wildman–Crippen LogP) is 14.3. The molecule has 3 aromatic rings. The number of hydrogen-bond donors (Lipinski definition) is 0. The fraction of sp³-hybridized carbons (Fsp3) is 0.526. The minimum absolute atomic E-state index is 1.02. The molecule has 0 atom stereocenters. The Bertz CT molecular complexity index is 1380. The molecule has 1 aliphatic heterocycles. The highest BCUT2D eigenvalue weighted by atomic mass is 79.9. The summed E-state index contributed by atoms with van der Waals surface area (Å²) >= 11 is 15.9. The van der Waals surface area contributed by atoms with E-state index in [1.807, 2.05) is 23.5 Å². The molecule has 0 saturated carbocycles. The van der Waals surface area contributed by atoms with Gasteiger partial charge in [-0.25, -0.2) is 0 Å². The van der Waals surface area contributed by atoms with Crippen LogP contribution in [0.4, 0.5) is 0 Å². The van der Waals surface area contributed by atoms with Crippen LogP contribution in [-0.4, -0.2) is 11.5 Å². The number of fused-ring (bicyclic) bond motifs is 2. The van der Waals surface area contributed by atoms with Crippen molar-refractivity contribution < 1.29 is 0 Å². The average molecular weight is 795 g/mol. The van der Waals surface area contributed by atoms with E-state index in [0.717, 1.165) is 3.39 Å². The van der Waals surface area contributed by atoms with Crippen LogP contribution in [0.1, 0.15) is 117 Å². The fourth-order valence-corrected chi connectivity index (χ4v) is 12.9. The maximum atomic E-state index is 3.78. The van der Waals surface area contributed by atoms with E-state index in [1.54, 1.807) is 8.47 Å². The second-order valence-corrected chi connectivity index (χ2v) is 19.5. The maximum Gasteiger partial charge on any atom is 0.0688 e. The van der Waals surface area contributed by atoms with E-state index in [0.29, 0.717) is 0 Å². The van der Waals surface area contributed by atoms with Crippen LogP contribution in [0.2, 0.25) is 0 Å². The zero-order chi connectivity index (χ0) is 31.0. The van der Waals surface area contributed by atoms with Crippen LogP contribution in [0.3, 0.4) is 0 Å². The van der Waals surface area contributed by atoms with Crippen molar-refractivity contribution in [2.24, 2.45) is 0 Å². The van der Waals surface area contributed by atoms with Crippen LogP contribution in [-0.2, 0) is 0 Å². The predicted molar refractivity (Wildman–Crippen MR) is 218 cm³/mol. The lowest BCUT2D eigenvalue weighted by atomic mass is 9.99. The first-order valence-electron chi connectivity index (χ1n) is 17.0. The summed E-state index contributed by atoms with van der Waals surface area (Å²) in [4.78, 5) is 0. The largest absolute Gasteiger partial charge is 0.117 e. The Balaban J connectivity index is 1.51. The van der Waals surface area contributed by atoms with Gasteiger partial charge in [0.1, 0.15) is 0 Å². The molecule has 0 aliphatic carbocycles. The van der Waals surface area contributed by atoms with Crippen molar-refractivity contribution in [3.8, 4) is 0 Å². The molecule has 240 valence electrons. The number of rotatable bonds is 20. The van der Waals surface area contributed by atoms with E-state index in [1.165, 1.54) is 150 Å². The van der Waals surface area contributed by atoms with Gasteiger partial charge in [0, 0.05) is 10.4 Å². The SMILES string of the molecule is CCCCCCCCCCSC1=C(SCCCCCCCCCC)SC(=c2c3ccccc3c(=C(Br)Br)c3ccccc23)S1. The van der Waals surface area contributed by atoms with E-state index in [-0.39, 0.29) is 0 Å². The van der Waals surface area contributed by atoms with Crippen LogP contribution < -0.4 is 10.4 Å². The van der Waals surface area contributed by atoms with Gasteiger partial charge >= 0.3 is 0 Å². The number of thioether (sulfide) groups is 4. The Morgan fingerprint density at radius 1 is 0.523 bits per heavy atom. The highest BCUT2D eigenvalue weighted by molar-refractivity contribution is 9.33. The molecular weight excluding hydrogens is 744 g/mol. The third kappa shape index (κ3) is 11.0. The summed E-state index contributed by atoms with van der Waals surface area (Å²) < 4.78 is 5.56. The molecule has 0 radical (unpaired) electrons. The first-order valence-corrected chi connectivity index (χ1v) is 22.2. The maximum absolute atomic E-state index is 3.78. The standard InChI is InChI=1S/C38H50Br2S4/c1-3-5-7-9-11-13-15-21-27-41-37-38(42-28-22-16-14-12-10-8-6-4-2)44-36(43-37)34-31-25-19-17-23-29(31)33(35(39)40)30-24-18-20-26-32(30)34/h17-20,23-26H,3-16,21-22,27-28H2,1-2H3. The topological polar surface area (TPSA) is 0 Å². The van der Waals surface area contributed by atoms with E-state index < -0.39 is 0 Å². The number of benzene rings is 3. The molecular formula is C38H50Br2S4. The lowest BCUT2D eigenvalue weighted by molar-refractivity contribution is 0.586. The lowest BCUT2D eigenvalue weighted by Crippen LogP contribution is -2.16. The van der Waals surface area contributed by atoms with Gasteiger partial charge in [0.2, 0.25) is 0 Å². The van der Waals surface area contributed by atoms with Crippen LogP contribution in [0.5, 0.6) is 0 Å². The fourth-order valence-electron chi connectivity index (χ4n) is 5.90. The lowest BCUT2D eigenvalue weighted by Gasteiger charge is -2.10. The first kappa shape index (κ1) is 36.8. The highest BCUT2D eigenvalue weighted by Gasteiger charge is 2.24. The summed E-state index contributed by atoms with van der Waals surface area (Å²) in [5.74, 6) is 2.47. The van der Waals surface area contributed by atoms with Crippen molar-refractivity contribution in [2.75, 3.05) is 11.5 Å². The van der Waals surface area contributed by atoms with Crippen LogP contribution >= 0.6 is 78.9 Å². The number of hydrogen-bond acceptors (Lipinski definition) is 4. The molecule has 0 amide bonds. The molecule has 1 heterocycles. The molecule has 6 heteroatoms. The molecule has 0 nitrogen and oxygen atoms in total. The molecule has 0 fully saturated rings. The number of halogens is 2. The van der Waals surface area contributed by atoms with Gasteiger partial charge < -0.3 is 0 Å². The van der Waals surface area contributed by atoms with Crippen LogP contribution in [0, 0.1) is 0 Å². The Labute approximate surface area is 301 Å². The monoisotopic (exact) mass is 792 g/mol. The van der Waals surface area contributed by atoms with Crippen molar-refractivity contribution in [3.63, 3.8) is 0 Å². The van der Waals surface area contributed by atoms with Crippen molar-refractivity contribution in [1.82, 2.24) is 0 Å². The van der Waals surface area contributed by atoms with Gasteiger partial charge in [0.15, 0.2) is 0 Å². The number of unbranched alkanes of at least 4 members (excludes halogenated alkanes) is 14. The summed E-state index contributed by atoms with van der Waals surface area (Å²) in [6.45, 7) is 4.61. The zero-order valence-electron chi connectivity index (χ0n) is 26.7. The van der Waals surface area contributed by atoms with E-state index in [9.17, 15) is 0 Å². The highest BCUT2D eigenvalue weighted by Crippen LogP contribution is 2.58. The van der Waals surface area contributed by atoms with E-state index in [4.69, 9.17) is 0 Å². The first-order chi connectivity index (χ1) is 21.7. The minimum atomic E-state index is 1.02. The Morgan fingerprint density at radius 3 is 1.27 bits per heavy atom. The van der Waals surface area contributed by atoms with Gasteiger partial charge in [-0.05, 0) is 77.8 Å². The quantitative estimate of drug-likeness (QED) is 0.0825. The van der Waals surface area contributed by atoms with Gasteiger partial charge in [0.05, 0.1) is 16.1 Å². The summed E-state index contributed by atoms with van der Waals surface area (Å²) in [7, 11) is 0. The summed E-state index contributed by atoms with van der Waals surface area (Å²) in [5.41, 5.74) is 0. The molecule has 44 heavy (non-hydrogen) atoms. The van der Waals surface area contributed by atoms with Gasteiger partial charge in [-0.3, -0.25) is 0 Å². The third-order valence-corrected chi connectivity index (χ3v) is 14.8. The minimum Gasteiger partial charge on any atom is -0.117 e. The van der Waals surface area contributed by atoms with Crippen LogP contribution in [0.25, 0.3) is 29.2 Å². The molecule has 1 aliphatic rings. The third-order valence-electron chi connectivity index (χ3n) is 8.32. The van der Waals surface area contributed by atoms with Gasteiger partial charge in [0.25, 0.3) is 0 Å². The second-order valence-electron chi connectivity index (χ2n) is 11.8. The molecule has 0 N–H and O–H groups in total. The van der Waals surface area contributed by atoms with Crippen molar-refractivity contribution in [1.29, 1.82) is 0 Å². The second kappa shape index (κ2) is 21.1. The molecule has 3 aromatic carbocycles. The Hall–Kier alpha value is 0.0200. The summed E-state index contributed by atoms with van der Waals surface area (Å²) in [6.07, 6.45) is 22.1. The zero-order valence-corrected chi connectivity index (χ0v) is 33.2. The van der Waals surface area contributed by atoms with E-state index >= 15 is 0 Å². The Morgan fingerprint density at radius 2 is 0.886 bits per heavy atom. The van der Waals surface area contributed by atoms with Crippen molar-refractivity contribution in [2.45, 2.75) is 117 Å². The molecule has 4 rings (SSSR count). The summed E-state index contributed by atoms with van der Waals surface area (Å²) in [5, 5.41) is 7.93. The molecule has 0 unspecified atom stereocenters. The Kier molecular flexibility index (Phi) is 17.7. The average Bonchev–Trinajstić information content (AvgIpc) is 3.43. The smallest absolute Gasteiger partial charge is 0.0688 e. The van der Waals surface area contributed by atoms with Crippen molar-refractivity contribution >= 4 is 108 Å². The molecule has 0 spiro atoms. The van der Waals surface area contributed by atoms with Gasteiger partial charge in [-0.1, -0.05) is 176 Å². The van der Waals surface area contributed by atoms with Crippen molar-refractivity contribution in [3.05, 3.63) is 67.4 Å². The molecule has 0 saturated heterocycles. The van der Waals surface area contributed by atoms with E-state index in [2.05, 4.69) is 118 Å². The van der Waals surface area contributed by atoms with Gasteiger partial charge in [-0.15, -0.1) is 23.5 Å². The van der Waals surface area contributed by atoms with Crippen LogP contribution in [0.15, 0.2) is 57.0 Å². The van der Waals surface area contributed by atoms with Gasteiger partial charge in [-0.2, -0.15) is 0 Å². The normalized spacial score (nSPS) is 13.6. The summed E-state index contributed by atoms with van der Waals surface area (Å²) in [6, 6.07) is 17.9. The molecule has 0 aromatic heterocycles.